The van der Waals surface area contributed by atoms with Gasteiger partial charge in [-0.05, 0) is 52.9 Å². The van der Waals surface area contributed by atoms with Crippen molar-refractivity contribution in [3.8, 4) is 11.4 Å². The molecule has 7 heteroatoms. The van der Waals surface area contributed by atoms with E-state index >= 15 is 0 Å². The van der Waals surface area contributed by atoms with Gasteiger partial charge in [-0.2, -0.15) is 0 Å². The molecule has 34 heavy (non-hydrogen) atoms. The van der Waals surface area contributed by atoms with Crippen molar-refractivity contribution < 1.29 is 14.6 Å². The molecule has 0 atom stereocenters. The van der Waals surface area contributed by atoms with Crippen LogP contribution in [-0.2, 0) is 17.8 Å². The lowest BCUT2D eigenvalue weighted by molar-refractivity contribution is 0.0697. The number of thioether (sulfide) groups is 1. The Morgan fingerprint density at radius 1 is 0.941 bits per heavy atom. The molecule has 0 saturated heterocycles. The first kappa shape index (κ1) is 23.6. The van der Waals surface area contributed by atoms with Crippen LogP contribution in [0.3, 0.4) is 0 Å². The van der Waals surface area contributed by atoms with Crippen LogP contribution in [0.5, 0.6) is 5.75 Å². The number of hydrogen-bond donors (Lipinski definition) is 1. The van der Waals surface area contributed by atoms with E-state index in [1.807, 2.05) is 59.2 Å². The van der Waals surface area contributed by atoms with E-state index in [1.165, 1.54) is 5.56 Å². The fraction of sp³-hybridized carbons (Fsp3) is 0.222. The molecule has 0 radical (unpaired) electrons. The Kier molecular flexibility index (Phi) is 7.03. The van der Waals surface area contributed by atoms with Crippen LogP contribution in [0.15, 0.2) is 84.0 Å². The number of carboxylic acid groups (broad SMARTS) is 1. The average molecular weight is 474 g/mol. The highest BCUT2D eigenvalue weighted by Gasteiger charge is 2.16. The maximum Gasteiger partial charge on any atom is 0.335 e. The normalized spacial score (nSPS) is 11.4. The third-order valence-corrected chi connectivity index (χ3v) is 6.37. The minimum atomic E-state index is -0.930. The number of aromatic nitrogens is 3. The van der Waals surface area contributed by atoms with Gasteiger partial charge in [-0.1, -0.05) is 75.0 Å². The lowest BCUT2D eigenvalue weighted by Gasteiger charge is -2.19. The molecule has 0 aliphatic heterocycles. The van der Waals surface area contributed by atoms with Gasteiger partial charge < -0.3 is 9.84 Å². The maximum atomic E-state index is 11.1. The molecule has 0 amide bonds. The summed E-state index contributed by atoms with van der Waals surface area (Å²) in [7, 11) is 0. The second-order valence-electron chi connectivity index (χ2n) is 8.92. The molecule has 0 fully saturated rings. The molecule has 1 heterocycles. The third kappa shape index (κ3) is 5.66. The summed E-state index contributed by atoms with van der Waals surface area (Å²) in [5.41, 5.74) is 3.58. The number of ether oxygens (including phenoxy) is 1. The standard InChI is InChI=1S/C27H27N3O3S/c1-27(2,3)21-13-15-23(16-14-21)33-17-24-28-29-26(30(24)22-7-5-4-6-8-22)34-18-19-9-11-20(12-10-19)25(31)32/h4-16H,17-18H2,1-3H3,(H,31,32). The molecular formula is C27H27N3O3S. The molecule has 0 bridgehead atoms. The highest BCUT2D eigenvalue weighted by atomic mass is 32.2. The zero-order chi connectivity index (χ0) is 24.1. The van der Waals surface area contributed by atoms with Gasteiger partial charge in [0.1, 0.15) is 12.4 Å². The van der Waals surface area contributed by atoms with Gasteiger partial charge in [0, 0.05) is 11.4 Å². The van der Waals surface area contributed by atoms with E-state index in [1.54, 1.807) is 23.9 Å². The Morgan fingerprint density at radius 3 is 2.24 bits per heavy atom. The second-order valence-corrected chi connectivity index (χ2v) is 9.87. The van der Waals surface area contributed by atoms with Gasteiger partial charge in [0.05, 0.1) is 5.56 Å². The molecule has 4 rings (SSSR count). The Morgan fingerprint density at radius 2 is 1.62 bits per heavy atom. The van der Waals surface area contributed by atoms with Crippen molar-refractivity contribution in [1.29, 1.82) is 0 Å². The molecule has 174 valence electrons. The van der Waals surface area contributed by atoms with Crippen molar-refractivity contribution >= 4 is 17.7 Å². The van der Waals surface area contributed by atoms with Crippen LogP contribution < -0.4 is 4.74 Å². The molecule has 3 aromatic carbocycles. The number of hydrogen-bond acceptors (Lipinski definition) is 5. The van der Waals surface area contributed by atoms with Crippen molar-refractivity contribution in [3.05, 3.63) is 101 Å². The molecular weight excluding hydrogens is 446 g/mol. The summed E-state index contributed by atoms with van der Waals surface area (Å²) >= 11 is 1.54. The lowest BCUT2D eigenvalue weighted by Crippen LogP contribution is -2.10. The highest BCUT2D eigenvalue weighted by Crippen LogP contribution is 2.27. The van der Waals surface area contributed by atoms with E-state index in [9.17, 15) is 4.79 Å². The van der Waals surface area contributed by atoms with Crippen LogP contribution in [0.25, 0.3) is 5.69 Å². The molecule has 6 nitrogen and oxygen atoms in total. The number of aromatic carboxylic acids is 1. The van der Waals surface area contributed by atoms with Crippen LogP contribution in [-0.4, -0.2) is 25.8 Å². The van der Waals surface area contributed by atoms with E-state index < -0.39 is 5.97 Å². The van der Waals surface area contributed by atoms with E-state index in [2.05, 4.69) is 43.1 Å². The molecule has 0 spiro atoms. The van der Waals surface area contributed by atoms with Gasteiger partial charge in [0.2, 0.25) is 0 Å². The number of carboxylic acids is 1. The van der Waals surface area contributed by atoms with Gasteiger partial charge >= 0.3 is 5.97 Å². The van der Waals surface area contributed by atoms with Gasteiger partial charge in [0.25, 0.3) is 0 Å². The van der Waals surface area contributed by atoms with Crippen molar-refractivity contribution in [3.63, 3.8) is 0 Å². The predicted molar refractivity (Wildman–Crippen MR) is 134 cm³/mol. The zero-order valence-corrected chi connectivity index (χ0v) is 20.2. The monoisotopic (exact) mass is 473 g/mol. The molecule has 0 aliphatic carbocycles. The first-order valence-corrected chi connectivity index (χ1v) is 12.0. The van der Waals surface area contributed by atoms with E-state index in [4.69, 9.17) is 9.84 Å². The summed E-state index contributed by atoms with van der Waals surface area (Å²) < 4.78 is 8.05. The minimum absolute atomic E-state index is 0.0894. The Labute approximate surface area is 203 Å². The SMILES string of the molecule is CC(C)(C)c1ccc(OCc2nnc(SCc3ccc(C(=O)O)cc3)n2-c2ccccc2)cc1. The molecule has 4 aromatic rings. The number of nitrogens with zero attached hydrogens (tertiary/aromatic N) is 3. The van der Waals surface area contributed by atoms with Crippen LogP contribution in [0.1, 0.15) is 48.1 Å². The Balaban J connectivity index is 1.52. The van der Waals surface area contributed by atoms with Gasteiger partial charge in [0.15, 0.2) is 11.0 Å². The number of rotatable bonds is 8. The molecule has 0 unspecified atom stereocenters. The van der Waals surface area contributed by atoms with Crippen molar-refractivity contribution in [2.24, 2.45) is 0 Å². The Hall–Kier alpha value is -3.58. The largest absolute Gasteiger partial charge is 0.486 e. The molecule has 0 aliphatic rings. The van der Waals surface area contributed by atoms with Crippen LogP contribution >= 0.6 is 11.8 Å². The van der Waals surface area contributed by atoms with Gasteiger partial charge in [-0.25, -0.2) is 4.79 Å². The summed E-state index contributed by atoms with van der Waals surface area (Å²) in [6.07, 6.45) is 0. The molecule has 1 aromatic heterocycles. The first-order valence-electron chi connectivity index (χ1n) is 11.0. The summed E-state index contributed by atoms with van der Waals surface area (Å²) in [6.45, 7) is 6.84. The van der Waals surface area contributed by atoms with Crippen molar-refractivity contribution in [2.45, 2.75) is 43.7 Å². The smallest absolute Gasteiger partial charge is 0.335 e. The average Bonchev–Trinajstić information content (AvgIpc) is 3.24. The highest BCUT2D eigenvalue weighted by molar-refractivity contribution is 7.98. The Bertz CT molecular complexity index is 1250. The van der Waals surface area contributed by atoms with Crippen molar-refractivity contribution in [1.82, 2.24) is 14.8 Å². The summed E-state index contributed by atoms with van der Waals surface area (Å²) in [4.78, 5) is 11.1. The van der Waals surface area contributed by atoms with Crippen LogP contribution in [0.4, 0.5) is 0 Å². The predicted octanol–water partition coefficient (Wildman–Crippen LogP) is 6.13. The summed E-state index contributed by atoms with van der Waals surface area (Å²) in [5.74, 6) is 1.19. The van der Waals surface area contributed by atoms with Crippen LogP contribution in [0, 0.1) is 0 Å². The minimum Gasteiger partial charge on any atom is -0.486 e. The zero-order valence-electron chi connectivity index (χ0n) is 19.4. The fourth-order valence-corrected chi connectivity index (χ4v) is 4.34. The lowest BCUT2D eigenvalue weighted by atomic mass is 9.87. The van der Waals surface area contributed by atoms with Crippen molar-refractivity contribution in [2.75, 3.05) is 0 Å². The number of carbonyl (C=O) groups is 1. The number of benzene rings is 3. The van der Waals surface area contributed by atoms with E-state index in [0.29, 0.717) is 11.6 Å². The van der Waals surface area contributed by atoms with E-state index in [0.717, 1.165) is 22.2 Å². The summed E-state index contributed by atoms with van der Waals surface area (Å²) in [6, 6.07) is 25.0. The summed E-state index contributed by atoms with van der Waals surface area (Å²) in [5, 5.41) is 18.7. The number of para-hydroxylation sites is 1. The second kappa shape index (κ2) is 10.1. The van der Waals surface area contributed by atoms with Crippen LogP contribution in [0.2, 0.25) is 0 Å². The quantitative estimate of drug-likeness (QED) is 0.310. The van der Waals surface area contributed by atoms with E-state index in [-0.39, 0.29) is 17.6 Å². The fourth-order valence-electron chi connectivity index (χ4n) is 3.41. The topological polar surface area (TPSA) is 77.2 Å². The maximum absolute atomic E-state index is 11.1. The van der Waals surface area contributed by atoms with Gasteiger partial charge in [-0.15, -0.1) is 10.2 Å². The molecule has 0 saturated carbocycles. The third-order valence-electron chi connectivity index (χ3n) is 5.37. The molecule has 1 N–H and O–H groups in total. The van der Waals surface area contributed by atoms with Gasteiger partial charge in [-0.3, -0.25) is 4.57 Å². The first-order chi connectivity index (χ1) is 16.3.